The Bertz CT molecular complexity index is 686. The van der Waals surface area contributed by atoms with E-state index < -0.39 is 34.8 Å². The highest BCUT2D eigenvalue weighted by atomic mass is 19.1. The predicted molar refractivity (Wildman–Crippen MR) is 74.6 cm³/mol. The zero-order chi connectivity index (χ0) is 16.3. The van der Waals surface area contributed by atoms with Gasteiger partial charge >= 0.3 is 5.69 Å². The van der Waals surface area contributed by atoms with E-state index in [9.17, 15) is 24.0 Å². The molecule has 0 heterocycles. The first-order chi connectivity index (χ1) is 10.4. The fraction of sp³-hybridized carbons (Fsp3) is 0.200. The minimum Gasteiger partial charge on any atom is -0.484 e. The van der Waals surface area contributed by atoms with E-state index in [4.69, 9.17) is 4.74 Å². The van der Waals surface area contributed by atoms with Crippen LogP contribution in [-0.2, 0) is 0 Å². The number of nitrogens with zero attached hydrogens (tertiary/aromatic N) is 1. The molecule has 1 atom stereocenters. The third-order valence-electron chi connectivity index (χ3n) is 3.11. The number of para-hydroxylation sites is 1. The first-order valence-electron chi connectivity index (χ1n) is 6.40. The van der Waals surface area contributed by atoms with Crippen LogP contribution in [0.1, 0.15) is 17.2 Å². The number of hydrogen-bond donors (Lipinski definition) is 1. The van der Waals surface area contributed by atoms with Gasteiger partial charge in [0.25, 0.3) is 0 Å². The average molecular weight is 309 g/mol. The predicted octanol–water partition coefficient (Wildman–Crippen LogP) is 3.29. The lowest BCUT2D eigenvalue weighted by Crippen LogP contribution is -2.14. The molecule has 0 aliphatic heterocycles. The van der Waals surface area contributed by atoms with Crippen molar-refractivity contribution in [3.05, 3.63) is 69.3 Å². The number of ether oxygens (including phenoxy) is 1. The van der Waals surface area contributed by atoms with Gasteiger partial charge in [0.15, 0.2) is 5.75 Å². The number of aliphatic hydroxyl groups is 1. The number of halogens is 2. The highest BCUT2D eigenvalue weighted by molar-refractivity contribution is 5.52. The van der Waals surface area contributed by atoms with Crippen LogP contribution in [0.3, 0.4) is 0 Å². The summed E-state index contributed by atoms with van der Waals surface area (Å²) in [4.78, 5) is 10.4. The van der Waals surface area contributed by atoms with Crippen molar-refractivity contribution in [1.82, 2.24) is 0 Å². The smallest absolute Gasteiger partial charge is 0.313 e. The maximum Gasteiger partial charge on any atom is 0.313 e. The lowest BCUT2D eigenvalue weighted by atomic mass is 10.1. The van der Waals surface area contributed by atoms with E-state index in [2.05, 4.69) is 0 Å². The summed E-state index contributed by atoms with van der Waals surface area (Å²) in [5.41, 5.74) is -0.393. The number of benzene rings is 2. The monoisotopic (exact) mass is 309 g/mol. The number of aliphatic hydroxyl groups excluding tert-OH is 1. The van der Waals surface area contributed by atoms with Crippen molar-refractivity contribution in [3.63, 3.8) is 0 Å². The van der Waals surface area contributed by atoms with Gasteiger partial charge in [-0.25, -0.2) is 8.78 Å². The van der Waals surface area contributed by atoms with Crippen LogP contribution in [0.25, 0.3) is 0 Å². The van der Waals surface area contributed by atoms with Crippen LogP contribution in [0, 0.1) is 28.7 Å². The molecule has 2 aromatic rings. The maximum atomic E-state index is 13.5. The van der Waals surface area contributed by atoms with Gasteiger partial charge in [-0.3, -0.25) is 10.1 Å². The van der Waals surface area contributed by atoms with E-state index in [0.29, 0.717) is 5.56 Å². The van der Waals surface area contributed by atoms with Gasteiger partial charge in [-0.1, -0.05) is 18.2 Å². The first kappa shape index (κ1) is 15.8. The summed E-state index contributed by atoms with van der Waals surface area (Å²) in [5, 5.41) is 20.9. The second-order valence-corrected chi connectivity index (χ2v) is 4.64. The second kappa shape index (κ2) is 6.48. The molecule has 22 heavy (non-hydrogen) atoms. The average Bonchev–Trinajstić information content (AvgIpc) is 2.44. The number of nitro benzene ring substituents is 1. The molecule has 116 valence electrons. The second-order valence-electron chi connectivity index (χ2n) is 4.64. The van der Waals surface area contributed by atoms with Crippen molar-refractivity contribution >= 4 is 5.69 Å². The van der Waals surface area contributed by atoms with Gasteiger partial charge in [0.2, 0.25) is 0 Å². The molecular weight excluding hydrogens is 296 g/mol. The Morgan fingerprint density at radius 3 is 2.41 bits per heavy atom. The molecule has 0 fully saturated rings. The van der Waals surface area contributed by atoms with E-state index >= 15 is 0 Å². The zero-order valence-electron chi connectivity index (χ0n) is 11.6. The van der Waals surface area contributed by atoms with E-state index in [-0.39, 0.29) is 11.4 Å². The normalized spacial score (nSPS) is 12.0. The molecule has 5 nitrogen and oxygen atoms in total. The van der Waals surface area contributed by atoms with Crippen molar-refractivity contribution in [2.45, 2.75) is 13.0 Å². The van der Waals surface area contributed by atoms with Crippen molar-refractivity contribution in [3.8, 4) is 5.75 Å². The first-order valence-corrected chi connectivity index (χ1v) is 6.40. The number of hydrogen-bond acceptors (Lipinski definition) is 4. The van der Waals surface area contributed by atoms with Crippen LogP contribution in [0.2, 0.25) is 0 Å². The Labute approximate surface area is 124 Å². The summed E-state index contributed by atoms with van der Waals surface area (Å²) < 4.78 is 32.2. The van der Waals surface area contributed by atoms with Gasteiger partial charge in [0.1, 0.15) is 24.3 Å². The van der Waals surface area contributed by atoms with Crippen LogP contribution in [0.5, 0.6) is 5.75 Å². The Morgan fingerprint density at radius 1 is 1.23 bits per heavy atom. The number of aryl methyl sites for hydroxylation is 1. The van der Waals surface area contributed by atoms with Crippen molar-refractivity contribution in [2.75, 3.05) is 6.61 Å². The Balaban J connectivity index is 2.20. The largest absolute Gasteiger partial charge is 0.484 e. The number of nitro groups is 1. The van der Waals surface area contributed by atoms with Crippen LogP contribution in [0.4, 0.5) is 14.5 Å². The van der Waals surface area contributed by atoms with E-state index in [1.807, 2.05) is 0 Å². The molecule has 2 rings (SSSR count). The lowest BCUT2D eigenvalue weighted by molar-refractivity contribution is -0.386. The topological polar surface area (TPSA) is 72.6 Å². The highest BCUT2D eigenvalue weighted by Crippen LogP contribution is 2.31. The lowest BCUT2D eigenvalue weighted by Gasteiger charge is -2.14. The van der Waals surface area contributed by atoms with Crippen LogP contribution >= 0.6 is 0 Å². The summed E-state index contributed by atoms with van der Waals surface area (Å²) in [6.45, 7) is 1.03. The minimum atomic E-state index is -1.58. The summed E-state index contributed by atoms with van der Waals surface area (Å²) >= 11 is 0. The maximum absolute atomic E-state index is 13.5. The van der Waals surface area contributed by atoms with E-state index in [1.54, 1.807) is 6.07 Å². The van der Waals surface area contributed by atoms with Gasteiger partial charge in [-0.2, -0.15) is 0 Å². The fourth-order valence-electron chi connectivity index (χ4n) is 2.06. The number of rotatable bonds is 5. The van der Waals surface area contributed by atoms with Gasteiger partial charge in [0.05, 0.1) is 10.5 Å². The molecule has 1 N–H and O–H groups in total. The van der Waals surface area contributed by atoms with Gasteiger partial charge in [0, 0.05) is 5.56 Å². The standard InChI is InChI=1S/C15H13F2NO4/c1-9-4-2-7-13(15(9)18(20)21)22-8-12(19)14-10(16)5-3-6-11(14)17/h2-7,12,19H,8H2,1H3. The highest BCUT2D eigenvalue weighted by Gasteiger charge is 2.22. The van der Waals surface area contributed by atoms with Crippen LogP contribution in [-0.4, -0.2) is 16.6 Å². The zero-order valence-corrected chi connectivity index (χ0v) is 11.6. The van der Waals surface area contributed by atoms with E-state index in [0.717, 1.165) is 12.1 Å². The van der Waals surface area contributed by atoms with Gasteiger partial charge < -0.3 is 9.84 Å². The molecule has 0 amide bonds. The summed E-state index contributed by atoms with van der Waals surface area (Å²) in [6, 6.07) is 7.64. The molecule has 2 aromatic carbocycles. The molecular formula is C15H13F2NO4. The van der Waals surface area contributed by atoms with Crippen molar-refractivity contribution in [2.24, 2.45) is 0 Å². The fourth-order valence-corrected chi connectivity index (χ4v) is 2.06. The Hall–Kier alpha value is -2.54. The Kier molecular flexibility index (Phi) is 4.67. The molecule has 0 radical (unpaired) electrons. The third kappa shape index (κ3) is 3.20. The SMILES string of the molecule is Cc1cccc(OCC(O)c2c(F)cccc2F)c1[N+](=O)[O-]. The van der Waals surface area contributed by atoms with Gasteiger partial charge in [-0.05, 0) is 25.1 Å². The molecule has 0 aliphatic carbocycles. The van der Waals surface area contributed by atoms with E-state index in [1.165, 1.54) is 25.1 Å². The van der Waals surface area contributed by atoms with Crippen LogP contribution in [0.15, 0.2) is 36.4 Å². The summed E-state index contributed by atoms with van der Waals surface area (Å²) in [7, 11) is 0. The van der Waals surface area contributed by atoms with Crippen molar-refractivity contribution in [1.29, 1.82) is 0 Å². The van der Waals surface area contributed by atoms with Crippen molar-refractivity contribution < 1.29 is 23.5 Å². The quantitative estimate of drug-likeness (QED) is 0.679. The molecule has 0 aromatic heterocycles. The third-order valence-corrected chi connectivity index (χ3v) is 3.11. The molecule has 0 bridgehead atoms. The molecule has 7 heteroatoms. The molecule has 0 saturated heterocycles. The molecule has 1 unspecified atom stereocenters. The molecule has 0 saturated carbocycles. The van der Waals surface area contributed by atoms with Crippen LogP contribution < -0.4 is 4.74 Å². The molecule has 0 spiro atoms. The summed E-state index contributed by atoms with van der Waals surface area (Å²) in [6.07, 6.45) is -1.58. The molecule has 0 aliphatic rings. The summed E-state index contributed by atoms with van der Waals surface area (Å²) in [5.74, 6) is -1.88. The minimum absolute atomic E-state index is 0.0687. The van der Waals surface area contributed by atoms with Gasteiger partial charge in [-0.15, -0.1) is 0 Å². The Morgan fingerprint density at radius 2 is 1.82 bits per heavy atom.